The van der Waals surface area contributed by atoms with Crippen molar-refractivity contribution in [3.63, 3.8) is 0 Å². The Labute approximate surface area is 148 Å². The van der Waals surface area contributed by atoms with Crippen molar-refractivity contribution in [1.82, 2.24) is 15.5 Å². The van der Waals surface area contributed by atoms with Gasteiger partial charge in [0.2, 0.25) is 0 Å². The van der Waals surface area contributed by atoms with Gasteiger partial charge in [0.1, 0.15) is 0 Å². The van der Waals surface area contributed by atoms with Crippen LogP contribution >= 0.6 is 0 Å². The summed E-state index contributed by atoms with van der Waals surface area (Å²) in [7, 11) is 0. The fourth-order valence-electron chi connectivity index (χ4n) is 2.76. The van der Waals surface area contributed by atoms with Crippen LogP contribution in [0.2, 0.25) is 0 Å². The molecule has 1 unspecified atom stereocenters. The average Bonchev–Trinajstić information content (AvgIpc) is 3.07. The van der Waals surface area contributed by atoms with E-state index in [2.05, 4.69) is 48.2 Å². The predicted octanol–water partition coefficient (Wildman–Crippen LogP) is 1.72. The lowest BCUT2D eigenvalue weighted by Crippen LogP contribution is -2.43. The van der Waals surface area contributed by atoms with Gasteiger partial charge in [-0.05, 0) is 40.2 Å². The van der Waals surface area contributed by atoms with Gasteiger partial charge in [-0.25, -0.2) is 0 Å². The molecule has 1 atom stereocenters. The second-order valence-electron chi connectivity index (χ2n) is 6.57. The largest absolute Gasteiger partial charge is 0.381 e. The van der Waals surface area contributed by atoms with Crippen molar-refractivity contribution < 1.29 is 9.47 Å². The molecule has 0 saturated carbocycles. The molecule has 1 aliphatic heterocycles. The van der Waals surface area contributed by atoms with E-state index in [0.29, 0.717) is 12.0 Å². The Morgan fingerprint density at radius 3 is 2.79 bits per heavy atom. The Hall–Kier alpha value is -0.850. The standard InChI is InChI=1S/C18H38N4O2/c1-5-19-18(21-10-11-22(6-2)16(3)4)20-9-7-12-23-14-17-8-13-24-15-17/h16-17H,5-15H2,1-4H3,(H2,19,20,21). The van der Waals surface area contributed by atoms with E-state index in [9.17, 15) is 0 Å². The first-order valence-electron chi connectivity index (χ1n) is 9.59. The average molecular weight is 343 g/mol. The Bertz CT molecular complexity index is 331. The van der Waals surface area contributed by atoms with Crippen LogP contribution in [0, 0.1) is 5.92 Å². The summed E-state index contributed by atoms with van der Waals surface area (Å²) in [6, 6.07) is 0.582. The Morgan fingerprint density at radius 1 is 1.33 bits per heavy atom. The Kier molecular flexibility index (Phi) is 11.9. The highest BCUT2D eigenvalue weighted by molar-refractivity contribution is 5.79. The summed E-state index contributed by atoms with van der Waals surface area (Å²) < 4.78 is 11.1. The molecule has 2 N–H and O–H groups in total. The van der Waals surface area contributed by atoms with Crippen LogP contribution in [0.3, 0.4) is 0 Å². The zero-order valence-electron chi connectivity index (χ0n) is 16.1. The summed E-state index contributed by atoms with van der Waals surface area (Å²) in [5, 5.41) is 6.72. The lowest BCUT2D eigenvalue weighted by molar-refractivity contribution is 0.0893. The number of hydrogen-bond acceptors (Lipinski definition) is 4. The summed E-state index contributed by atoms with van der Waals surface area (Å²) in [6.45, 7) is 16.8. The van der Waals surface area contributed by atoms with Crippen molar-refractivity contribution in [1.29, 1.82) is 0 Å². The van der Waals surface area contributed by atoms with E-state index in [-0.39, 0.29) is 0 Å². The van der Waals surface area contributed by atoms with Gasteiger partial charge in [0.25, 0.3) is 0 Å². The third-order valence-corrected chi connectivity index (χ3v) is 4.27. The molecule has 0 aromatic carbocycles. The number of aliphatic imine (C=N–C) groups is 1. The van der Waals surface area contributed by atoms with Gasteiger partial charge in [-0.1, -0.05) is 6.92 Å². The number of nitrogens with one attached hydrogen (secondary N) is 2. The van der Waals surface area contributed by atoms with Crippen molar-refractivity contribution in [2.75, 3.05) is 59.2 Å². The first-order chi connectivity index (χ1) is 11.7. The van der Waals surface area contributed by atoms with Crippen LogP contribution < -0.4 is 10.6 Å². The lowest BCUT2D eigenvalue weighted by Gasteiger charge is -2.25. The molecule has 6 nitrogen and oxygen atoms in total. The Morgan fingerprint density at radius 2 is 2.17 bits per heavy atom. The quantitative estimate of drug-likeness (QED) is 0.321. The zero-order chi connectivity index (χ0) is 17.6. The van der Waals surface area contributed by atoms with Crippen LogP contribution in [0.15, 0.2) is 4.99 Å². The second-order valence-corrected chi connectivity index (χ2v) is 6.57. The van der Waals surface area contributed by atoms with Crippen molar-refractivity contribution >= 4 is 5.96 Å². The molecule has 6 heteroatoms. The molecule has 1 rings (SSSR count). The zero-order valence-corrected chi connectivity index (χ0v) is 16.1. The van der Waals surface area contributed by atoms with Crippen LogP contribution in [0.4, 0.5) is 0 Å². The molecule has 0 aromatic heterocycles. The maximum Gasteiger partial charge on any atom is 0.191 e. The third-order valence-electron chi connectivity index (χ3n) is 4.27. The number of ether oxygens (including phenoxy) is 2. The van der Waals surface area contributed by atoms with E-state index in [1.807, 2.05) is 0 Å². The molecule has 0 aromatic rings. The van der Waals surface area contributed by atoms with E-state index in [1.54, 1.807) is 0 Å². The van der Waals surface area contributed by atoms with Crippen molar-refractivity contribution in [3.05, 3.63) is 0 Å². The summed E-state index contributed by atoms with van der Waals surface area (Å²) in [5.41, 5.74) is 0. The summed E-state index contributed by atoms with van der Waals surface area (Å²) in [6.07, 6.45) is 2.09. The van der Waals surface area contributed by atoms with Crippen LogP contribution in [-0.2, 0) is 9.47 Å². The van der Waals surface area contributed by atoms with Gasteiger partial charge >= 0.3 is 0 Å². The molecule has 0 bridgehead atoms. The highest BCUT2D eigenvalue weighted by Crippen LogP contribution is 2.12. The highest BCUT2D eigenvalue weighted by Gasteiger charge is 2.15. The molecule has 1 heterocycles. The normalized spacial score (nSPS) is 18.6. The fourth-order valence-corrected chi connectivity index (χ4v) is 2.76. The number of nitrogens with zero attached hydrogens (tertiary/aromatic N) is 2. The van der Waals surface area contributed by atoms with Crippen LogP contribution in [0.5, 0.6) is 0 Å². The predicted molar refractivity (Wildman–Crippen MR) is 101 cm³/mol. The molecular formula is C18H38N4O2. The van der Waals surface area contributed by atoms with E-state index in [4.69, 9.17) is 9.47 Å². The van der Waals surface area contributed by atoms with Gasteiger partial charge in [0.15, 0.2) is 5.96 Å². The summed E-state index contributed by atoms with van der Waals surface area (Å²) in [4.78, 5) is 7.06. The van der Waals surface area contributed by atoms with Crippen molar-refractivity contribution in [2.45, 2.75) is 46.6 Å². The first-order valence-corrected chi connectivity index (χ1v) is 9.59. The molecule has 0 radical (unpaired) electrons. The van der Waals surface area contributed by atoms with Crippen molar-refractivity contribution in [2.24, 2.45) is 10.9 Å². The minimum Gasteiger partial charge on any atom is -0.381 e. The first kappa shape index (κ1) is 21.2. The second kappa shape index (κ2) is 13.4. The number of likely N-dealkylation sites (N-methyl/N-ethyl adjacent to an activating group) is 1. The van der Waals surface area contributed by atoms with E-state index >= 15 is 0 Å². The summed E-state index contributed by atoms with van der Waals surface area (Å²) >= 11 is 0. The molecule has 142 valence electrons. The fraction of sp³-hybridized carbons (Fsp3) is 0.944. The number of hydrogen-bond donors (Lipinski definition) is 2. The highest BCUT2D eigenvalue weighted by atomic mass is 16.5. The molecule has 1 aliphatic rings. The number of rotatable bonds is 12. The van der Waals surface area contributed by atoms with Gasteiger partial charge in [-0.2, -0.15) is 0 Å². The molecule has 1 fully saturated rings. The van der Waals surface area contributed by atoms with Crippen LogP contribution in [0.25, 0.3) is 0 Å². The van der Waals surface area contributed by atoms with E-state index in [0.717, 1.165) is 78.0 Å². The smallest absolute Gasteiger partial charge is 0.191 e. The molecular weight excluding hydrogens is 304 g/mol. The lowest BCUT2D eigenvalue weighted by atomic mass is 10.1. The number of guanidine groups is 1. The SMILES string of the molecule is CCNC(=NCCCOCC1CCOC1)NCCN(CC)C(C)C. The molecule has 0 spiro atoms. The van der Waals surface area contributed by atoms with Crippen molar-refractivity contribution in [3.8, 4) is 0 Å². The summed E-state index contributed by atoms with van der Waals surface area (Å²) in [5.74, 6) is 1.50. The van der Waals surface area contributed by atoms with E-state index < -0.39 is 0 Å². The van der Waals surface area contributed by atoms with Gasteiger partial charge in [-0.3, -0.25) is 9.89 Å². The molecule has 1 saturated heterocycles. The minimum absolute atomic E-state index is 0.582. The Balaban J connectivity index is 2.14. The molecule has 0 amide bonds. The van der Waals surface area contributed by atoms with Gasteiger partial charge in [0.05, 0.1) is 13.2 Å². The van der Waals surface area contributed by atoms with Crippen LogP contribution in [-0.4, -0.2) is 76.1 Å². The minimum atomic E-state index is 0.582. The molecule has 24 heavy (non-hydrogen) atoms. The topological polar surface area (TPSA) is 58.1 Å². The maximum absolute atomic E-state index is 5.72. The monoisotopic (exact) mass is 342 g/mol. The van der Waals surface area contributed by atoms with Gasteiger partial charge in [-0.15, -0.1) is 0 Å². The third kappa shape index (κ3) is 9.45. The van der Waals surface area contributed by atoms with Gasteiger partial charge < -0.3 is 20.1 Å². The van der Waals surface area contributed by atoms with Crippen LogP contribution in [0.1, 0.15) is 40.5 Å². The molecule has 0 aliphatic carbocycles. The van der Waals surface area contributed by atoms with E-state index in [1.165, 1.54) is 0 Å². The van der Waals surface area contributed by atoms with Gasteiger partial charge in [0, 0.05) is 51.4 Å². The maximum atomic E-state index is 5.72.